The zero-order valence-corrected chi connectivity index (χ0v) is 14.7. The van der Waals surface area contributed by atoms with Crippen molar-refractivity contribution in [3.05, 3.63) is 45.7 Å². The second kappa shape index (κ2) is 7.62. The molecule has 7 heteroatoms. The zero-order chi connectivity index (χ0) is 17.0. The summed E-state index contributed by atoms with van der Waals surface area (Å²) in [6, 6.07) is 6.69. The average molecular weight is 353 g/mol. The van der Waals surface area contributed by atoms with Crippen LogP contribution < -0.4 is 10.6 Å². The van der Waals surface area contributed by atoms with Crippen LogP contribution in [0.25, 0.3) is 0 Å². The van der Waals surface area contributed by atoms with E-state index in [0.29, 0.717) is 27.4 Å². The summed E-state index contributed by atoms with van der Waals surface area (Å²) in [6.45, 7) is 5.90. The molecule has 0 aliphatic rings. The van der Waals surface area contributed by atoms with E-state index in [1.54, 1.807) is 24.3 Å². The third kappa shape index (κ3) is 5.08. The molecule has 0 saturated carbocycles. The summed E-state index contributed by atoms with van der Waals surface area (Å²) in [6.07, 6.45) is 0.930. The van der Waals surface area contributed by atoms with E-state index in [0.717, 1.165) is 6.42 Å². The van der Waals surface area contributed by atoms with Gasteiger partial charge in [-0.1, -0.05) is 30.1 Å². The first-order valence-electron chi connectivity index (χ1n) is 7.27. The molecule has 0 saturated heterocycles. The second-order valence-electron chi connectivity index (χ2n) is 5.28. The molecule has 1 unspecified atom stereocenters. The Morgan fingerprint density at radius 1 is 1.17 bits per heavy atom. The fourth-order valence-corrected chi connectivity index (χ4v) is 2.42. The Balaban J connectivity index is 2.21. The molecule has 1 atom stereocenters. The molecular formula is C16H18Cl2N4O. The van der Waals surface area contributed by atoms with Crippen LogP contribution in [-0.2, 0) is 0 Å². The summed E-state index contributed by atoms with van der Waals surface area (Å²) >= 11 is 11.9. The van der Waals surface area contributed by atoms with Gasteiger partial charge in [0.05, 0.1) is 0 Å². The van der Waals surface area contributed by atoms with Crippen LogP contribution >= 0.6 is 23.2 Å². The summed E-state index contributed by atoms with van der Waals surface area (Å²) in [5, 5.41) is 6.80. The van der Waals surface area contributed by atoms with Crippen LogP contribution in [0.3, 0.4) is 0 Å². The molecule has 1 aromatic heterocycles. The highest BCUT2D eigenvalue weighted by Crippen LogP contribution is 2.23. The number of carbonyl (C=O) groups is 1. The molecular weight excluding hydrogens is 335 g/mol. The number of hydrogen-bond acceptors (Lipinski definition) is 4. The SMILES string of the molecule is CCC(C)Nc1nc(C)cc(C(=O)Nc2cc(Cl)cc(Cl)c2)n1. The predicted octanol–water partition coefficient (Wildman–Crippen LogP) is 4.55. The Morgan fingerprint density at radius 3 is 2.43 bits per heavy atom. The molecule has 2 aromatic rings. The van der Waals surface area contributed by atoms with Crippen LogP contribution in [0, 0.1) is 6.92 Å². The maximum Gasteiger partial charge on any atom is 0.274 e. The lowest BCUT2D eigenvalue weighted by Gasteiger charge is -2.13. The first-order chi connectivity index (χ1) is 10.9. The summed E-state index contributed by atoms with van der Waals surface area (Å²) in [4.78, 5) is 20.9. The van der Waals surface area contributed by atoms with Gasteiger partial charge in [0.15, 0.2) is 0 Å². The quantitative estimate of drug-likeness (QED) is 0.827. The topological polar surface area (TPSA) is 66.9 Å². The minimum Gasteiger partial charge on any atom is -0.352 e. The monoisotopic (exact) mass is 352 g/mol. The van der Waals surface area contributed by atoms with Crippen molar-refractivity contribution in [2.75, 3.05) is 10.6 Å². The molecule has 1 aromatic carbocycles. The molecule has 0 bridgehead atoms. The first-order valence-corrected chi connectivity index (χ1v) is 8.02. The van der Waals surface area contributed by atoms with Gasteiger partial charge in [-0.2, -0.15) is 0 Å². The highest BCUT2D eigenvalue weighted by Gasteiger charge is 2.12. The van der Waals surface area contributed by atoms with Crippen molar-refractivity contribution in [3.63, 3.8) is 0 Å². The lowest BCUT2D eigenvalue weighted by molar-refractivity contribution is 0.102. The third-order valence-corrected chi connectivity index (χ3v) is 3.63. The van der Waals surface area contributed by atoms with Crippen LogP contribution in [-0.4, -0.2) is 21.9 Å². The van der Waals surface area contributed by atoms with E-state index >= 15 is 0 Å². The van der Waals surface area contributed by atoms with Crippen LogP contribution in [0.2, 0.25) is 10.0 Å². The van der Waals surface area contributed by atoms with Crippen molar-refractivity contribution in [1.29, 1.82) is 0 Å². The number of anilines is 2. The number of benzene rings is 1. The molecule has 5 nitrogen and oxygen atoms in total. The molecule has 1 amide bonds. The number of halogens is 2. The Bertz CT molecular complexity index is 701. The van der Waals surface area contributed by atoms with Gasteiger partial charge in [0.2, 0.25) is 5.95 Å². The van der Waals surface area contributed by atoms with Gasteiger partial charge in [0.25, 0.3) is 5.91 Å². The maximum atomic E-state index is 12.4. The van der Waals surface area contributed by atoms with E-state index in [4.69, 9.17) is 23.2 Å². The van der Waals surface area contributed by atoms with Crippen molar-refractivity contribution in [3.8, 4) is 0 Å². The van der Waals surface area contributed by atoms with Crippen molar-refractivity contribution in [2.45, 2.75) is 33.2 Å². The molecule has 0 aliphatic carbocycles. The van der Waals surface area contributed by atoms with Crippen molar-refractivity contribution in [2.24, 2.45) is 0 Å². The summed E-state index contributed by atoms with van der Waals surface area (Å²) in [5.41, 5.74) is 1.50. The molecule has 0 fully saturated rings. The maximum absolute atomic E-state index is 12.4. The number of aryl methyl sites for hydroxylation is 1. The molecule has 0 radical (unpaired) electrons. The number of amides is 1. The predicted molar refractivity (Wildman–Crippen MR) is 94.6 cm³/mol. The van der Waals surface area contributed by atoms with Crippen LogP contribution in [0.4, 0.5) is 11.6 Å². The third-order valence-electron chi connectivity index (χ3n) is 3.20. The Hall–Kier alpha value is -1.85. The molecule has 2 rings (SSSR count). The summed E-state index contributed by atoms with van der Waals surface area (Å²) < 4.78 is 0. The normalized spacial score (nSPS) is 11.9. The van der Waals surface area contributed by atoms with Gasteiger partial charge < -0.3 is 10.6 Å². The van der Waals surface area contributed by atoms with E-state index < -0.39 is 0 Å². The summed E-state index contributed by atoms with van der Waals surface area (Å²) in [5.74, 6) is 0.0923. The summed E-state index contributed by atoms with van der Waals surface area (Å²) in [7, 11) is 0. The molecule has 0 aliphatic heterocycles. The number of hydrogen-bond donors (Lipinski definition) is 2. The average Bonchev–Trinajstić information content (AvgIpc) is 2.45. The van der Waals surface area contributed by atoms with Crippen LogP contribution in [0.15, 0.2) is 24.3 Å². The minimum atomic E-state index is -0.346. The standard InChI is InChI=1S/C16H18Cl2N4O/c1-4-9(2)19-16-20-10(3)5-14(22-16)15(23)21-13-7-11(17)6-12(18)8-13/h5-9H,4H2,1-3H3,(H,21,23)(H,19,20,22). The van der Waals surface area contributed by atoms with E-state index in [9.17, 15) is 4.79 Å². The molecule has 122 valence electrons. The number of nitrogens with one attached hydrogen (secondary N) is 2. The highest BCUT2D eigenvalue weighted by molar-refractivity contribution is 6.35. The number of carbonyl (C=O) groups excluding carboxylic acids is 1. The Morgan fingerprint density at radius 2 is 1.83 bits per heavy atom. The van der Waals surface area contributed by atoms with Gasteiger partial charge in [-0.15, -0.1) is 0 Å². The lowest BCUT2D eigenvalue weighted by Crippen LogP contribution is -2.19. The number of rotatable bonds is 5. The van der Waals surface area contributed by atoms with Gasteiger partial charge in [-0.05, 0) is 44.5 Å². The second-order valence-corrected chi connectivity index (χ2v) is 6.16. The number of nitrogens with zero attached hydrogens (tertiary/aromatic N) is 2. The van der Waals surface area contributed by atoms with Gasteiger partial charge in [-0.3, -0.25) is 4.79 Å². The fourth-order valence-electron chi connectivity index (χ4n) is 1.89. The molecule has 23 heavy (non-hydrogen) atoms. The van der Waals surface area contributed by atoms with Crippen LogP contribution in [0.1, 0.15) is 36.5 Å². The van der Waals surface area contributed by atoms with Gasteiger partial charge in [0, 0.05) is 27.5 Å². The first kappa shape index (κ1) is 17.5. The molecule has 1 heterocycles. The highest BCUT2D eigenvalue weighted by atomic mass is 35.5. The minimum absolute atomic E-state index is 0.222. The zero-order valence-electron chi connectivity index (χ0n) is 13.2. The van der Waals surface area contributed by atoms with Crippen molar-refractivity contribution >= 4 is 40.7 Å². The van der Waals surface area contributed by atoms with E-state index in [2.05, 4.69) is 27.5 Å². The largest absolute Gasteiger partial charge is 0.352 e. The van der Waals surface area contributed by atoms with E-state index in [-0.39, 0.29) is 17.6 Å². The van der Waals surface area contributed by atoms with Gasteiger partial charge >= 0.3 is 0 Å². The van der Waals surface area contributed by atoms with E-state index in [1.165, 1.54) is 0 Å². The van der Waals surface area contributed by atoms with Crippen LogP contribution in [0.5, 0.6) is 0 Å². The lowest BCUT2D eigenvalue weighted by atomic mass is 10.2. The molecule has 0 spiro atoms. The Kier molecular flexibility index (Phi) is 5.80. The van der Waals surface area contributed by atoms with E-state index in [1.807, 2.05) is 13.8 Å². The Labute approximate surface area is 145 Å². The van der Waals surface area contributed by atoms with Crippen molar-refractivity contribution < 1.29 is 4.79 Å². The molecule has 2 N–H and O–H groups in total. The fraction of sp³-hybridized carbons (Fsp3) is 0.312. The van der Waals surface area contributed by atoms with Crippen molar-refractivity contribution in [1.82, 2.24) is 9.97 Å². The van der Waals surface area contributed by atoms with Gasteiger partial charge in [-0.25, -0.2) is 9.97 Å². The van der Waals surface area contributed by atoms with Gasteiger partial charge in [0.1, 0.15) is 5.69 Å². The number of aromatic nitrogens is 2. The smallest absolute Gasteiger partial charge is 0.274 e.